The molecule has 0 aliphatic carbocycles. The van der Waals surface area contributed by atoms with Crippen molar-refractivity contribution in [3.05, 3.63) is 78.4 Å². The number of nitrogens with zero attached hydrogens (tertiary/aromatic N) is 4. The van der Waals surface area contributed by atoms with Gasteiger partial charge in [0.15, 0.2) is 0 Å². The Balaban J connectivity index is 1.56. The number of hydrazone groups is 1. The minimum absolute atomic E-state index is 0.0387. The average molecular weight is 598 g/mol. The van der Waals surface area contributed by atoms with Gasteiger partial charge in [0.05, 0.1) is 0 Å². The second kappa shape index (κ2) is 11.8. The zero-order valence-corrected chi connectivity index (χ0v) is 22.7. The molecule has 1 heterocycles. The number of benzene rings is 3. The van der Waals surface area contributed by atoms with Crippen molar-refractivity contribution in [2.75, 3.05) is 12.5 Å². The number of carbonyl (C=O) groups is 1. The van der Waals surface area contributed by atoms with E-state index >= 15 is 0 Å². The number of methoxy groups -OCH3 is 1. The molecule has 1 aromatic heterocycles. The van der Waals surface area contributed by atoms with E-state index in [9.17, 15) is 18.3 Å². The second-order valence-electron chi connectivity index (χ2n) is 7.70. The molecular weight excluding hydrogens is 575 g/mol. The Bertz CT molecular complexity index is 1600. The van der Waals surface area contributed by atoms with Crippen molar-refractivity contribution in [3.63, 3.8) is 0 Å². The van der Waals surface area contributed by atoms with Crippen molar-refractivity contribution in [1.82, 2.24) is 9.71 Å². The van der Waals surface area contributed by atoms with Crippen LogP contribution in [0.3, 0.4) is 0 Å². The Morgan fingerprint density at radius 2 is 1.79 bits per heavy atom. The summed E-state index contributed by atoms with van der Waals surface area (Å²) in [7, 11) is -2.46. The number of aromatic nitrogens is 1. The number of rotatable bonds is 9. The molecule has 0 spiro atoms. The molecule has 38 heavy (non-hydrogen) atoms. The topological polar surface area (TPSA) is 155 Å². The van der Waals surface area contributed by atoms with Crippen LogP contribution in [-0.4, -0.2) is 52.2 Å². The minimum atomic E-state index is -3.93. The zero-order valence-electron chi connectivity index (χ0n) is 20.2. The van der Waals surface area contributed by atoms with Crippen LogP contribution in [0.2, 0.25) is 0 Å². The second-order valence-corrected chi connectivity index (χ2v) is 11.4. The van der Waals surface area contributed by atoms with Gasteiger partial charge >= 0.3 is 225 Å². The van der Waals surface area contributed by atoms with E-state index in [2.05, 4.69) is 25.7 Å². The van der Waals surface area contributed by atoms with Gasteiger partial charge in [-0.1, -0.05) is 0 Å². The van der Waals surface area contributed by atoms with Crippen molar-refractivity contribution >= 4 is 51.6 Å². The number of amides is 1. The van der Waals surface area contributed by atoms with Gasteiger partial charge < -0.3 is 0 Å². The number of sulfonamides is 1. The van der Waals surface area contributed by atoms with Crippen LogP contribution in [0.25, 0.3) is 11.3 Å². The van der Waals surface area contributed by atoms with Crippen LogP contribution in [0.5, 0.6) is 11.5 Å². The predicted molar refractivity (Wildman–Crippen MR) is 144 cm³/mol. The number of ether oxygens (including phenoxy) is 1. The molecule has 0 saturated heterocycles. The molecule has 0 saturated carbocycles. The Labute approximate surface area is 224 Å². The SMILES string of the molecule is COc1cc(C=NNc2nc(-c3ccccc3)c(N=Nc3ccc(S(=O)(=O)NC(C)=O)cc3)[se]2)ccc1O. The van der Waals surface area contributed by atoms with E-state index < -0.39 is 15.9 Å². The maximum absolute atomic E-state index is 12.1. The number of phenolic OH excluding ortho intramolecular Hbond substituents is 1. The quantitative estimate of drug-likeness (QED) is 0.113. The summed E-state index contributed by atoms with van der Waals surface area (Å²) >= 11 is -0.340. The fourth-order valence-electron chi connectivity index (χ4n) is 3.19. The van der Waals surface area contributed by atoms with Gasteiger partial charge in [-0.2, -0.15) is 0 Å². The standard InChI is InChI=1S/C25H22N6O5SSe/c1-16(32)31-37(34,35)20-11-9-19(10-12-20)28-29-24-23(18-6-4-3-5-7-18)27-25(38-24)30-26-15-17-8-13-21(33)22(14-17)36-2/h3-15,33H,1-2H3,(H,27,30)(H,31,32). The number of carbonyl (C=O) groups excluding carboxylic acids is 1. The average Bonchev–Trinajstić information content (AvgIpc) is 3.31. The monoisotopic (exact) mass is 598 g/mol. The molecule has 194 valence electrons. The Hall–Kier alpha value is -4.32. The first-order valence-electron chi connectivity index (χ1n) is 11.0. The summed E-state index contributed by atoms with van der Waals surface area (Å²) in [6.07, 6.45) is 1.58. The summed E-state index contributed by atoms with van der Waals surface area (Å²) in [6, 6.07) is 20.1. The number of phenols is 1. The number of anilines is 1. The number of aromatic hydroxyl groups is 1. The van der Waals surface area contributed by atoms with Gasteiger partial charge in [-0.05, 0) is 0 Å². The molecular formula is C25H22N6O5SSe. The fraction of sp³-hybridized carbons (Fsp3) is 0.0800. The van der Waals surface area contributed by atoms with Gasteiger partial charge in [-0.15, -0.1) is 0 Å². The van der Waals surface area contributed by atoms with Crippen molar-refractivity contribution in [3.8, 4) is 22.8 Å². The fourth-order valence-corrected chi connectivity index (χ4v) is 5.78. The molecule has 3 N–H and O–H groups in total. The van der Waals surface area contributed by atoms with Crippen LogP contribution in [0.1, 0.15) is 12.5 Å². The summed E-state index contributed by atoms with van der Waals surface area (Å²) in [4.78, 5) is 15.7. The van der Waals surface area contributed by atoms with Gasteiger partial charge in [-0.25, -0.2) is 0 Å². The van der Waals surface area contributed by atoms with E-state index in [0.29, 0.717) is 26.4 Å². The van der Waals surface area contributed by atoms with E-state index in [0.717, 1.165) is 18.1 Å². The van der Waals surface area contributed by atoms with Gasteiger partial charge in [-0.3, -0.25) is 0 Å². The van der Waals surface area contributed by atoms with Crippen LogP contribution in [-0.2, 0) is 14.8 Å². The molecule has 0 aliphatic rings. The van der Waals surface area contributed by atoms with Crippen LogP contribution in [0.15, 0.2) is 93.0 Å². The maximum atomic E-state index is 12.1. The van der Waals surface area contributed by atoms with E-state index in [1.54, 1.807) is 18.3 Å². The van der Waals surface area contributed by atoms with Gasteiger partial charge in [0.25, 0.3) is 0 Å². The molecule has 3 aromatic carbocycles. The molecule has 0 aliphatic heterocycles. The van der Waals surface area contributed by atoms with Crippen molar-refractivity contribution in [1.29, 1.82) is 0 Å². The van der Waals surface area contributed by atoms with Gasteiger partial charge in [0.2, 0.25) is 0 Å². The number of hydrogen-bond donors (Lipinski definition) is 3. The first kappa shape index (κ1) is 26.7. The summed E-state index contributed by atoms with van der Waals surface area (Å²) < 4.78 is 32.6. The zero-order chi connectivity index (χ0) is 27.1. The van der Waals surface area contributed by atoms with Crippen molar-refractivity contribution in [2.45, 2.75) is 11.8 Å². The third-order valence-electron chi connectivity index (χ3n) is 4.92. The Morgan fingerprint density at radius 3 is 2.47 bits per heavy atom. The van der Waals surface area contributed by atoms with Crippen LogP contribution in [0.4, 0.5) is 14.9 Å². The molecule has 0 atom stereocenters. The number of azo groups is 1. The molecule has 0 fully saturated rings. The molecule has 13 heteroatoms. The summed E-state index contributed by atoms with van der Waals surface area (Å²) in [5.74, 6) is -0.293. The Morgan fingerprint density at radius 1 is 1.05 bits per heavy atom. The molecule has 0 unspecified atom stereocenters. The van der Waals surface area contributed by atoms with Crippen LogP contribution < -0.4 is 14.9 Å². The summed E-state index contributed by atoms with van der Waals surface area (Å²) in [5.41, 5.74) is 5.62. The molecule has 4 rings (SSSR count). The first-order valence-corrected chi connectivity index (χ1v) is 14.2. The molecule has 0 radical (unpaired) electrons. The predicted octanol–water partition coefficient (Wildman–Crippen LogP) is 4.21. The van der Waals surface area contributed by atoms with E-state index in [1.807, 2.05) is 35.1 Å². The van der Waals surface area contributed by atoms with E-state index in [4.69, 9.17) is 4.74 Å². The molecule has 11 nitrogen and oxygen atoms in total. The number of nitrogens with one attached hydrogen (secondary N) is 2. The normalized spacial score (nSPS) is 11.6. The number of hydrogen-bond acceptors (Lipinski definition) is 10. The molecule has 0 bridgehead atoms. The van der Waals surface area contributed by atoms with Gasteiger partial charge in [0.1, 0.15) is 0 Å². The summed E-state index contributed by atoms with van der Waals surface area (Å²) in [5, 5.41) is 22.7. The Kier molecular flexibility index (Phi) is 8.31. The van der Waals surface area contributed by atoms with E-state index in [-0.39, 0.29) is 25.1 Å². The van der Waals surface area contributed by atoms with Gasteiger partial charge in [0, 0.05) is 0 Å². The third-order valence-corrected chi connectivity index (χ3v) is 8.14. The van der Waals surface area contributed by atoms with Crippen LogP contribution >= 0.6 is 0 Å². The van der Waals surface area contributed by atoms with Crippen molar-refractivity contribution < 1.29 is 23.1 Å². The molecule has 4 aromatic rings. The van der Waals surface area contributed by atoms with Crippen LogP contribution in [0, 0.1) is 0 Å². The first-order chi connectivity index (χ1) is 18.2. The molecule has 1 amide bonds. The van der Waals surface area contributed by atoms with Crippen molar-refractivity contribution in [2.24, 2.45) is 15.3 Å². The van der Waals surface area contributed by atoms with E-state index in [1.165, 1.54) is 37.4 Å². The third kappa shape index (κ3) is 6.71. The summed E-state index contributed by atoms with van der Waals surface area (Å²) in [6.45, 7) is 1.13.